The molecule has 2 aromatic rings. The van der Waals surface area contributed by atoms with Crippen LogP contribution in [-0.2, 0) is 0 Å². The van der Waals surface area contributed by atoms with Gasteiger partial charge < -0.3 is 14.4 Å². The maximum absolute atomic E-state index is 11.2. The number of likely N-dealkylation sites (tertiary alicyclic amines) is 1. The third-order valence-electron chi connectivity index (χ3n) is 4.31. The number of carbonyl (C=O) groups is 1. The molecular weight excluding hydrogens is 268 g/mol. The van der Waals surface area contributed by atoms with Gasteiger partial charge in [0.1, 0.15) is 5.76 Å². The normalized spacial score (nSPS) is 17.2. The van der Waals surface area contributed by atoms with Crippen LogP contribution in [0.15, 0.2) is 28.7 Å². The third-order valence-corrected chi connectivity index (χ3v) is 4.31. The molecule has 0 atom stereocenters. The van der Waals surface area contributed by atoms with Crippen LogP contribution in [0.1, 0.15) is 24.5 Å². The van der Waals surface area contributed by atoms with Crippen LogP contribution in [0.4, 0.5) is 10.5 Å². The van der Waals surface area contributed by atoms with Crippen molar-refractivity contribution in [3.63, 3.8) is 0 Å². The summed E-state index contributed by atoms with van der Waals surface area (Å²) in [4.78, 5) is 14.7. The van der Waals surface area contributed by atoms with Crippen LogP contribution in [0.3, 0.4) is 0 Å². The predicted octanol–water partition coefficient (Wildman–Crippen LogP) is 3.36. The van der Waals surface area contributed by atoms with Crippen LogP contribution in [0.5, 0.6) is 0 Å². The van der Waals surface area contributed by atoms with Crippen molar-refractivity contribution >= 4 is 22.7 Å². The summed E-state index contributed by atoms with van der Waals surface area (Å²) >= 11 is 0. The van der Waals surface area contributed by atoms with Gasteiger partial charge in [0.05, 0.1) is 5.69 Å². The summed E-state index contributed by atoms with van der Waals surface area (Å²) in [6.45, 7) is 2.15. The molecule has 5 heteroatoms. The van der Waals surface area contributed by atoms with Gasteiger partial charge in [-0.25, -0.2) is 4.79 Å². The van der Waals surface area contributed by atoms with Crippen molar-refractivity contribution in [1.29, 1.82) is 0 Å². The number of para-hydroxylation sites is 1. The largest absolute Gasteiger partial charge is 0.465 e. The minimum atomic E-state index is -0.986. The molecule has 1 fully saturated rings. The Morgan fingerprint density at radius 2 is 2.10 bits per heavy atom. The highest BCUT2D eigenvalue weighted by atomic mass is 16.4. The number of benzene rings is 1. The summed E-state index contributed by atoms with van der Waals surface area (Å²) in [5, 5.41) is 10.1. The number of amides is 1. The molecular formula is C16H20N2O3. The van der Waals surface area contributed by atoms with E-state index in [1.54, 1.807) is 6.07 Å². The molecule has 5 nitrogen and oxygen atoms in total. The van der Waals surface area contributed by atoms with E-state index in [1.165, 1.54) is 11.9 Å². The predicted molar refractivity (Wildman–Crippen MR) is 82.1 cm³/mol. The molecule has 1 aliphatic heterocycles. The molecule has 1 N–H and O–H groups in total. The lowest BCUT2D eigenvalue weighted by atomic mass is 9.94. The molecule has 21 heavy (non-hydrogen) atoms. The summed E-state index contributed by atoms with van der Waals surface area (Å²) in [5.41, 5.74) is 1.26. The Morgan fingerprint density at radius 3 is 2.76 bits per heavy atom. The van der Waals surface area contributed by atoms with Crippen molar-refractivity contribution in [3.05, 3.63) is 30.0 Å². The van der Waals surface area contributed by atoms with Gasteiger partial charge in [-0.15, -0.1) is 0 Å². The second kappa shape index (κ2) is 5.41. The lowest BCUT2D eigenvalue weighted by Gasteiger charge is -2.27. The van der Waals surface area contributed by atoms with Gasteiger partial charge in [0.2, 0.25) is 0 Å². The smallest absolute Gasteiger partial charge is 0.411 e. The van der Waals surface area contributed by atoms with Gasteiger partial charge in [-0.2, -0.15) is 0 Å². The molecule has 112 valence electrons. The SMILES string of the molecule is CN1CCC(c2cc3cccc(N(C)C(=O)O)c3o2)CC1. The van der Waals surface area contributed by atoms with Crippen molar-refractivity contribution in [2.24, 2.45) is 0 Å². The molecule has 0 spiro atoms. The fourth-order valence-corrected chi connectivity index (χ4v) is 2.93. The van der Waals surface area contributed by atoms with Crippen LogP contribution < -0.4 is 4.90 Å². The summed E-state index contributed by atoms with van der Waals surface area (Å²) in [6, 6.07) is 7.67. The van der Waals surface area contributed by atoms with Gasteiger partial charge in [-0.05, 0) is 45.1 Å². The average molecular weight is 288 g/mol. The molecule has 1 saturated heterocycles. The minimum Gasteiger partial charge on any atom is -0.465 e. The number of piperidine rings is 1. The van der Waals surface area contributed by atoms with E-state index in [9.17, 15) is 4.79 Å². The number of nitrogens with zero attached hydrogens (tertiary/aromatic N) is 2. The van der Waals surface area contributed by atoms with Gasteiger partial charge >= 0.3 is 6.09 Å². The highest BCUT2D eigenvalue weighted by Crippen LogP contribution is 2.35. The first-order valence-corrected chi connectivity index (χ1v) is 7.24. The van der Waals surface area contributed by atoms with Crippen molar-refractivity contribution in [2.75, 3.05) is 32.1 Å². The van der Waals surface area contributed by atoms with Crippen molar-refractivity contribution in [3.8, 4) is 0 Å². The van der Waals surface area contributed by atoms with Gasteiger partial charge in [0.15, 0.2) is 5.58 Å². The van der Waals surface area contributed by atoms with Crippen LogP contribution in [-0.4, -0.2) is 43.3 Å². The standard InChI is InChI=1S/C16H20N2O3/c1-17-8-6-11(7-9-17)14-10-12-4-3-5-13(15(12)21-14)18(2)16(19)20/h3-5,10-11H,6-9H2,1-2H3,(H,19,20). The second-order valence-corrected chi connectivity index (χ2v) is 5.76. The minimum absolute atomic E-state index is 0.427. The van der Waals surface area contributed by atoms with E-state index in [4.69, 9.17) is 9.52 Å². The molecule has 0 aliphatic carbocycles. The second-order valence-electron chi connectivity index (χ2n) is 5.76. The zero-order valence-corrected chi connectivity index (χ0v) is 12.4. The first kappa shape index (κ1) is 13.9. The molecule has 2 heterocycles. The molecule has 1 aromatic heterocycles. The number of anilines is 1. The number of rotatable bonds is 2. The first-order chi connectivity index (χ1) is 10.1. The van der Waals surface area contributed by atoms with Gasteiger partial charge in [-0.3, -0.25) is 4.90 Å². The van der Waals surface area contributed by atoms with E-state index in [-0.39, 0.29) is 0 Å². The third kappa shape index (κ3) is 2.61. The zero-order valence-electron chi connectivity index (χ0n) is 12.4. The Balaban J connectivity index is 1.96. The number of fused-ring (bicyclic) bond motifs is 1. The molecule has 1 aromatic carbocycles. The van der Waals surface area contributed by atoms with Crippen LogP contribution in [0.25, 0.3) is 11.0 Å². The van der Waals surface area contributed by atoms with Crippen molar-refractivity contribution < 1.29 is 14.3 Å². The van der Waals surface area contributed by atoms with Gasteiger partial charge in [-0.1, -0.05) is 12.1 Å². The summed E-state index contributed by atoms with van der Waals surface area (Å²) in [5.74, 6) is 1.40. The summed E-state index contributed by atoms with van der Waals surface area (Å²) < 4.78 is 6.02. The Kier molecular flexibility index (Phi) is 3.59. The fraction of sp³-hybridized carbons (Fsp3) is 0.438. The van der Waals surface area contributed by atoms with Crippen LogP contribution in [0, 0.1) is 0 Å². The molecule has 3 rings (SSSR count). The highest BCUT2D eigenvalue weighted by Gasteiger charge is 2.23. The average Bonchev–Trinajstić information content (AvgIpc) is 2.90. The molecule has 1 amide bonds. The molecule has 0 saturated carbocycles. The van der Waals surface area contributed by atoms with E-state index in [1.807, 2.05) is 12.1 Å². The van der Waals surface area contributed by atoms with Gasteiger partial charge in [0, 0.05) is 18.4 Å². The Bertz CT molecular complexity index is 657. The zero-order chi connectivity index (χ0) is 15.0. The van der Waals surface area contributed by atoms with E-state index >= 15 is 0 Å². The molecule has 0 bridgehead atoms. The van der Waals surface area contributed by atoms with Crippen molar-refractivity contribution in [2.45, 2.75) is 18.8 Å². The first-order valence-electron chi connectivity index (χ1n) is 7.24. The summed E-state index contributed by atoms with van der Waals surface area (Å²) in [6.07, 6.45) is 1.18. The number of hydrogen-bond acceptors (Lipinski definition) is 3. The summed E-state index contributed by atoms with van der Waals surface area (Å²) in [7, 11) is 3.67. The van der Waals surface area contributed by atoms with Crippen LogP contribution >= 0.6 is 0 Å². The lowest BCUT2D eigenvalue weighted by molar-refractivity contribution is 0.203. The van der Waals surface area contributed by atoms with Crippen LogP contribution in [0.2, 0.25) is 0 Å². The highest BCUT2D eigenvalue weighted by molar-refractivity contribution is 5.97. The van der Waals surface area contributed by atoms with Crippen molar-refractivity contribution in [1.82, 2.24) is 4.90 Å². The number of furan rings is 1. The molecule has 1 aliphatic rings. The Hall–Kier alpha value is -2.01. The Morgan fingerprint density at radius 1 is 1.38 bits per heavy atom. The molecule has 0 radical (unpaired) electrons. The maximum atomic E-state index is 11.2. The van der Waals surface area contributed by atoms with E-state index in [0.717, 1.165) is 37.1 Å². The topological polar surface area (TPSA) is 56.9 Å². The lowest BCUT2D eigenvalue weighted by Crippen LogP contribution is -2.29. The quantitative estimate of drug-likeness (QED) is 0.920. The maximum Gasteiger partial charge on any atom is 0.411 e. The van der Waals surface area contributed by atoms with Gasteiger partial charge in [0.25, 0.3) is 0 Å². The van der Waals surface area contributed by atoms with E-state index < -0.39 is 6.09 Å². The van der Waals surface area contributed by atoms with E-state index in [2.05, 4.69) is 18.0 Å². The Labute approximate surface area is 123 Å². The molecule has 0 unspecified atom stereocenters. The number of hydrogen-bond donors (Lipinski definition) is 1. The number of carboxylic acid groups (broad SMARTS) is 1. The van der Waals surface area contributed by atoms with E-state index in [0.29, 0.717) is 17.2 Å². The monoisotopic (exact) mass is 288 g/mol. The fourth-order valence-electron chi connectivity index (χ4n) is 2.93.